The Morgan fingerprint density at radius 1 is 1.19 bits per heavy atom. The highest BCUT2D eigenvalue weighted by molar-refractivity contribution is 7.91. The molecule has 0 radical (unpaired) electrons. The summed E-state index contributed by atoms with van der Waals surface area (Å²) in [6.45, 7) is 1.51. The molecule has 0 amide bonds. The van der Waals surface area contributed by atoms with Gasteiger partial charge in [-0.3, -0.25) is 0 Å². The highest BCUT2D eigenvalue weighted by Crippen LogP contribution is 2.41. The maximum atomic E-state index is 12.8. The SMILES string of the molecule is CCS(=O)(=O)c1cc(C2CC2)cnc1-c1nc2cc(C(F)(F)F)cnc2o1. The van der Waals surface area contributed by atoms with Crippen LogP contribution in [0.25, 0.3) is 22.8 Å². The molecule has 0 N–H and O–H groups in total. The van der Waals surface area contributed by atoms with E-state index in [2.05, 4.69) is 15.0 Å². The molecule has 1 aliphatic rings. The van der Waals surface area contributed by atoms with Gasteiger partial charge in [0.15, 0.2) is 9.84 Å². The van der Waals surface area contributed by atoms with Gasteiger partial charge in [0.1, 0.15) is 11.2 Å². The molecule has 0 unspecified atom stereocenters. The number of fused-ring (bicyclic) bond motifs is 1. The molecule has 3 heterocycles. The van der Waals surface area contributed by atoms with Gasteiger partial charge in [-0.2, -0.15) is 13.2 Å². The second kappa shape index (κ2) is 6.01. The molecular formula is C17H14F3N3O3S. The molecule has 27 heavy (non-hydrogen) atoms. The Morgan fingerprint density at radius 2 is 1.93 bits per heavy atom. The van der Waals surface area contributed by atoms with E-state index in [1.165, 1.54) is 6.92 Å². The fourth-order valence-corrected chi connectivity index (χ4v) is 3.79. The first kappa shape index (κ1) is 17.9. The molecular weight excluding hydrogens is 383 g/mol. The smallest absolute Gasteiger partial charge is 0.416 e. The third-order valence-corrected chi connectivity index (χ3v) is 6.16. The molecule has 0 bridgehead atoms. The predicted molar refractivity (Wildman–Crippen MR) is 89.7 cm³/mol. The van der Waals surface area contributed by atoms with Crippen molar-refractivity contribution in [2.75, 3.05) is 5.75 Å². The molecule has 6 nitrogen and oxygen atoms in total. The number of alkyl halides is 3. The summed E-state index contributed by atoms with van der Waals surface area (Å²) in [5.41, 5.74) is -0.404. The molecule has 4 rings (SSSR count). The van der Waals surface area contributed by atoms with Crippen LogP contribution in [0.5, 0.6) is 0 Å². The molecule has 0 spiro atoms. The van der Waals surface area contributed by atoms with Crippen LogP contribution in [0.1, 0.15) is 36.8 Å². The quantitative estimate of drug-likeness (QED) is 0.662. The number of pyridine rings is 2. The van der Waals surface area contributed by atoms with Crippen molar-refractivity contribution >= 4 is 21.1 Å². The zero-order valence-corrected chi connectivity index (χ0v) is 14.9. The van der Waals surface area contributed by atoms with E-state index in [4.69, 9.17) is 4.42 Å². The Bertz CT molecular complexity index is 1140. The minimum absolute atomic E-state index is 0.0205. The zero-order valence-electron chi connectivity index (χ0n) is 14.1. The predicted octanol–water partition coefficient (Wildman–Crippen LogP) is 3.97. The topological polar surface area (TPSA) is 86.0 Å². The van der Waals surface area contributed by atoms with Gasteiger partial charge in [0.2, 0.25) is 11.6 Å². The van der Waals surface area contributed by atoms with E-state index in [0.717, 1.165) is 24.5 Å². The van der Waals surface area contributed by atoms with Crippen LogP contribution in [-0.4, -0.2) is 29.1 Å². The third-order valence-electron chi connectivity index (χ3n) is 4.42. The van der Waals surface area contributed by atoms with Crippen LogP contribution >= 0.6 is 0 Å². The number of nitrogens with zero attached hydrogens (tertiary/aromatic N) is 3. The van der Waals surface area contributed by atoms with Crippen molar-refractivity contribution in [1.29, 1.82) is 0 Å². The van der Waals surface area contributed by atoms with Crippen molar-refractivity contribution in [2.24, 2.45) is 0 Å². The van der Waals surface area contributed by atoms with Crippen LogP contribution in [0, 0.1) is 0 Å². The van der Waals surface area contributed by atoms with Crippen LogP contribution in [-0.2, 0) is 16.0 Å². The standard InChI is InChI=1S/C17H14F3N3O3S/c1-2-27(24,25)13-5-10(9-3-4-9)7-21-14(13)16-23-12-6-11(17(18,19)20)8-22-15(12)26-16/h5-9H,2-4H2,1H3. The van der Waals surface area contributed by atoms with Gasteiger partial charge in [0.25, 0.3) is 0 Å². The van der Waals surface area contributed by atoms with E-state index < -0.39 is 21.6 Å². The average molecular weight is 397 g/mol. The van der Waals surface area contributed by atoms with Crippen LogP contribution in [0.15, 0.2) is 33.8 Å². The lowest BCUT2D eigenvalue weighted by molar-refractivity contribution is -0.137. The molecule has 1 saturated carbocycles. The van der Waals surface area contributed by atoms with Crippen LogP contribution in [0.4, 0.5) is 13.2 Å². The van der Waals surface area contributed by atoms with Crippen molar-refractivity contribution in [3.63, 3.8) is 0 Å². The Hall–Kier alpha value is -2.49. The zero-order chi connectivity index (χ0) is 19.4. The summed E-state index contributed by atoms with van der Waals surface area (Å²) in [5.74, 6) is -0.0323. The van der Waals surface area contributed by atoms with Crippen molar-refractivity contribution in [1.82, 2.24) is 15.0 Å². The molecule has 0 aliphatic heterocycles. The first-order chi connectivity index (χ1) is 12.7. The molecule has 1 fully saturated rings. The van der Waals surface area contributed by atoms with E-state index in [0.29, 0.717) is 6.20 Å². The highest BCUT2D eigenvalue weighted by atomic mass is 32.2. The van der Waals surface area contributed by atoms with E-state index >= 15 is 0 Å². The number of sulfone groups is 1. The fraction of sp³-hybridized carbons (Fsp3) is 0.353. The Morgan fingerprint density at radius 3 is 2.56 bits per heavy atom. The van der Waals surface area contributed by atoms with Crippen molar-refractivity contribution in [3.05, 3.63) is 35.7 Å². The van der Waals surface area contributed by atoms with E-state index in [1.807, 2.05) is 0 Å². The van der Waals surface area contributed by atoms with Crippen LogP contribution < -0.4 is 0 Å². The third kappa shape index (κ3) is 3.29. The van der Waals surface area contributed by atoms with Gasteiger partial charge in [-0.1, -0.05) is 6.92 Å². The molecule has 3 aromatic heterocycles. The maximum absolute atomic E-state index is 12.8. The fourth-order valence-electron chi connectivity index (χ4n) is 2.73. The van der Waals surface area contributed by atoms with Crippen molar-refractivity contribution < 1.29 is 26.0 Å². The van der Waals surface area contributed by atoms with Crippen molar-refractivity contribution in [3.8, 4) is 11.6 Å². The first-order valence-electron chi connectivity index (χ1n) is 8.26. The van der Waals surface area contributed by atoms with Crippen LogP contribution in [0.3, 0.4) is 0 Å². The van der Waals surface area contributed by atoms with Gasteiger partial charge < -0.3 is 4.42 Å². The summed E-state index contributed by atoms with van der Waals surface area (Å²) >= 11 is 0. The van der Waals surface area contributed by atoms with E-state index in [9.17, 15) is 21.6 Å². The lowest BCUT2D eigenvalue weighted by Crippen LogP contribution is -2.08. The molecule has 1 aliphatic carbocycles. The number of hydrogen-bond donors (Lipinski definition) is 0. The minimum Gasteiger partial charge on any atom is -0.416 e. The minimum atomic E-state index is -4.57. The molecule has 3 aromatic rings. The largest absolute Gasteiger partial charge is 0.417 e. The summed E-state index contributed by atoms with van der Waals surface area (Å²) in [6, 6.07) is 2.37. The summed E-state index contributed by atoms with van der Waals surface area (Å²) in [7, 11) is -3.64. The Kier molecular flexibility index (Phi) is 3.99. The first-order valence-corrected chi connectivity index (χ1v) is 9.91. The maximum Gasteiger partial charge on any atom is 0.417 e. The van der Waals surface area contributed by atoms with Gasteiger partial charge in [0, 0.05) is 12.4 Å². The highest BCUT2D eigenvalue weighted by Gasteiger charge is 2.32. The summed E-state index contributed by atoms with van der Waals surface area (Å²) < 4.78 is 69.0. The monoisotopic (exact) mass is 397 g/mol. The van der Waals surface area contributed by atoms with Gasteiger partial charge in [-0.15, -0.1) is 0 Å². The molecule has 142 valence electrons. The van der Waals surface area contributed by atoms with Crippen LogP contribution in [0.2, 0.25) is 0 Å². The van der Waals surface area contributed by atoms with Gasteiger partial charge in [0.05, 0.1) is 16.2 Å². The van der Waals surface area contributed by atoms with Gasteiger partial charge >= 0.3 is 6.18 Å². The molecule has 0 saturated heterocycles. The Balaban J connectivity index is 1.87. The normalized spacial score (nSPS) is 15.4. The summed E-state index contributed by atoms with van der Waals surface area (Å²) in [5, 5.41) is 0. The van der Waals surface area contributed by atoms with Gasteiger partial charge in [-0.25, -0.2) is 23.4 Å². The lowest BCUT2D eigenvalue weighted by atomic mass is 10.2. The number of aromatic nitrogens is 3. The molecule has 0 atom stereocenters. The van der Waals surface area contributed by atoms with Crippen molar-refractivity contribution in [2.45, 2.75) is 36.8 Å². The second-order valence-electron chi connectivity index (χ2n) is 6.36. The number of halogens is 3. The summed E-state index contributed by atoms with van der Waals surface area (Å²) in [4.78, 5) is 11.8. The second-order valence-corrected chi connectivity index (χ2v) is 8.60. The molecule has 0 aromatic carbocycles. The molecule has 10 heteroatoms. The van der Waals surface area contributed by atoms with E-state index in [-0.39, 0.29) is 39.4 Å². The number of rotatable bonds is 4. The number of oxazole rings is 1. The van der Waals surface area contributed by atoms with E-state index in [1.54, 1.807) is 12.3 Å². The average Bonchev–Trinajstić information content (AvgIpc) is 3.38. The van der Waals surface area contributed by atoms with Gasteiger partial charge in [-0.05, 0) is 36.5 Å². The summed E-state index contributed by atoms with van der Waals surface area (Å²) in [6.07, 6.45) is -0.420. The lowest BCUT2D eigenvalue weighted by Gasteiger charge is -2.08. The number of hydrogen-bond acceptors (Lipinski definition) is 6. The Labute approximate surface area is 152 Å².